The van der Waals surface area contributed by atoms with E-state index in [4.69, 9.17) is 4.74 Å². The minimum Gasteiger partial charge on any atom is -0.373 e. The molecule has 2 saturated carbocycles. The molecule has 1 aromatic carbocycles. The number of rotatable bonds is 3. The highest BCUT2D eigenvalue weighted by molar-refractivity contribution is 5.13. The van der Waals surface area contributed by atoms with Gasteiger partial charge in [-0.25, -0.2) is 0 Å². The van der Waals surface area contributed by atoms with Gasteiger partial charge in [0, 0.05) is 0 Å². The van der Waals surface area contributed by atoms with Crippen molar-refractivity contribution < 1.29 is 4.74 Å². The van der Waals surface area contributed by atoms with E-state index in [0.29, 0.717) is 6.10 Å². The SMILES string of the molecule is c1ccc(COC2CCCC3CCC32)cc1. The van der Waals surface area contributed by atoms with Crippen molar-refractivity contribution in [3.05, 3.63) is 35.9 Å². The fraction of sp³-hybridized carbons (Fsp3) is 0.600. The molecule has 16 heavy (non-hydrogen) atoms. The van der Waals surface area contributed by atoms with Crippen molar-refractivity contribution in [2.75, 3.05) is 0 Å². The summed E-state index contributed by atoms with van der Waals surface area (Å²) in [4.78, 5) is 0. The van der Waals surface area contributed by atoms with Crippen LogP contribution in [0.15, 0.2) is 30.3 Å². The Bertz CT molecular complexity index is 333. The van der Waals surface area contributed by atoms with Gasteiger partial charge in [0.2, 0.25) is 0 Å². The predicted octanol–water partition coefficient (Wildman–Crippen LogP) is 3.78. The largest absolute Gasteiger partial charge is 0.373 e. The molecule has 0 bridgehead atoms. The minimum atomic E-state index is 0.549. The fourth-order valence-corrected chi connectivity index (χ4v) is 3.22. The molecule has 1 nitrogen and oxygen atoms in total. The number of fused-ring (bicyclic) bond motifs is 1. The standard InChI is InChI=1S/C15H20O/c1-2-5-12(6-3-1)11-16-15-8-4-7-13-9-10-14(13)15/h1-3,5-6,13-15H,4,7-11H2. The predicted molar refractivity (Wildman–Crippen MR) is 65.1 cm³/mol. The molecule has 2 fully saturated rings. The lowest BCUT2D eigenvalue weighted by Gasteiger charge is -2.45. The normalized spacial score (nSPS) is 32.9. The van der Waals surface area contributed by atoms with Crippen LogP contribution in [-0.2, 0) is 11.3 Å². The van der Waals surface area contributed by atoms with E-state index in [1.165, 1.54) is 37.7 Å². The third-order valence-electron chi connectivity index (χ3n) is 4.32. The number of benzene rings is 1. The van der Waals surface area contributed by atoms with E-state index in [0.717, 1.165) is 18.4 Å². The molecule has 0 radical (unpaired) electrons. The molecule has 0 amide bonds. The maximum atomic E-state index is 6.10. The average Bonchev–Trinajstić information content (AvgIpc) is 2.30. The second kappa shape index (κ2) is 4.58. The van der Waals surface area contributed by atoms with Gasteiger partial charge in [0.05, 0.1) is 12.7 Å². The van der Waals surface area contributed by atoms with Crippen molar-refractivity contribution in [2.24, 2.45) is 11.8 Å². The van der Waals surface area contributed by atoms with E-state index in [9.17, 15) is 0 Å². The second-order valence-corrected chi connectivity index (χ2v) is 5.27. The van der Waals surface area contributed by atoms with Gasteiger partial charge in [0.1, 0.15) is 0 Å². The van der Waals surface area contributed by atoms with Crippen LogP contribution >= 0.6 is 0 Å². The van der Waals surface area contributed by atoms with Gasteiger partial charge in [-0.15, -0.1) is 0 Å². The monoisotopic (exact) mass is 216 g/mol. The molecular formula is C15H20O. The Hall–Kier alpha value is -0.820. The molecule has 0 aromatic heterocycles. The first-order valence-electron chi connectivity index (χ1n) is 6.59. The molecule has 2 aliphatic carbocycles. The maximum Gasteiger partial charge on any atom is 0.0720 e. The Kier molecular flexibility index (Phi) is 2.96. The van der Waals surface area contributed by atoms with Crippen molar-refractivity contribution in [1.29, 1.82) is 0 Å². The van der Waals surface area contributed by atoms with Crippen LogP contribution in [0.2, 0.25) is 0 Å². The van der Waals surface area contributed by atoms with Crippen LogP contribution in [0.1, 0.15) is 37.7 Å². The minimum absolute atomic E-state index is 0.549. The molecule has 3 unspecified atom stereocenters. The summed E-state index contributed by atoms with van der Waals surface area (Å²) in [6.45, 7) is 0.800. The number of hydrogen-bond acceptors (Lipinski definition) is 1. The lowest BCUT2D eigenvalue weighted by molar-refractivity contribution is -0.0788. The Morgan fingerprint density at radius 2 is 1.88 bits per heavy atom. The van der Waals surface area contributed by atoms with E-state index in [1.54, 1.807) is 0 Å². The lowest BCUT2D eigenvalue weighted by atomic mass is 9.64. The molecule has 0 spiro atoms. The number of hydrogen-bond donors (Lipinski definition) is 0. The zero-order chi connectivity index (χ0) is 10.8. The van der Waals surface area contributed by atoms with Gasteiger partial charge < -0.3 is 4.74 Å². The summed E-state index contributed by atoms with van der Waals surface area (Å²) in [5, 5.41) is 0. The molecule has 2 aliphatic rings. The third-order valence-corrected chi connectivity index (χ3v) is 4.32. The van der Waals surface area contributed by atoms with Gasteiger partial charge in [-0.05, 0) is 43.1 Å². The molecule has 0 saturated heterocycles. The third kappa shape index (κ3) is 2.01. The van der Waals surface area contributed by atoms with E-state index in [2.05, 4.69) is 30.3 Å². The zero-order valence-electron chi connectivity index (χ0n) is 9.77. The summed E-state index contributed by atoms with van der Waals surface area (Å²) in [5.41, 5.74) is 1.31. The van der Waals surface area contributed by atoms with Crippen LogP contribution in [-0.4, -0.2) is 6.10 Å². The van der Waals surface area contributed by atoms with Crippen molar-refractivity contribution >= 4 is 0 Å². The van der Waals surface area contributed by atoms with E-state index >= 15 is 0 Å². The fourth-order valence-electron chi connectivity index (χ4n) is 3.22. The van der Waals surface area contributed by atoms with Gasteiger partial charge in [-0.1, -0.05) is 36.8 Å². The molecular weight excluding hydrogens is 196 g/mol. The molecule has 0 heterocycles. The topological polar surface area (TPSA) is 9.23 Å². The van der Waals surface area contributed by atoms with Crippen LogP contribution in [0.3, 0.4) is 0 Å². The second-order valence-electron chi connectivity index (χ2n) is 5.27. The smallest absolute Gasteiger partial charge is 0.0720 e. The van der Waals surface area contributed by atoms with Crippen molar-refractivity contribution in [3.8, 4) is 0 Å². The maximum absolute atomic E-state index is 6.10. The molecule has 3 rings (SSSR count). The lowest BCUT2D eigenvalue weighted by Crippen LogP contribution is -2.40. The summed E-state index contributed by atoms with van der Waals surface area (Å²) in [6, 6.07) is 10.5. The molecule has 1 heteroatoms. The van der Waals surface area contributed by atoms with Gasteiger partial charge in [0.15, 0.2) is 0 Å². The first kappa shape index (κ1) is 10.3. The van der Waals surface area contributed by atoms with Crippen molar-refractivity contribution in [3.63, 3.8) is 0 Å². The molecule has 0 aliphatic heterocycles. The Labute approximate surface area is 97.8 Å². The van der Waals surface area contributed by atoms with Gasteiger partial charge >= 0.3 is 0 Å². The van der Waals surface area contributed by atoms with Crippen molar-refractivity contribution in [1.82, 2.24) is 0 Å². The quantitative estimate of drug-likeness (QED) is 0.747. The zero-order valence-corrected chi connectivity index (χ0v) is 9.77. The molecule has 86 valence electrons. The van der Waals surface area contributed by atoms with Crippen molar-refractivity contribution in [2.45, 2.75) is 44.8 Å². The van der Waals surface area contributed by atoms with Crippen LogP contribution in [0.25, 0.3) is 0 Å². The Morgan fingerprint density at radius 1 is 1.00 bits per heavy atom. The summed E-state index contributed by atoms with van der Waals surface area (Å²) >= 11 is 0. The highest BCUT2D eigenvalue weighted by Gasteiger charge is 2.39. The Balaban J connectivity index is 1.55. The summed E-state index contributed by atoms with van der Waals surface area (Å²) in [6.07, 6.45) is 7.53. The Morgan fingerprint density at radius 3 is 2.62 bits per heavy atom. The molecule has 3 atom stereocenters. The first-order chi connectivity index (χ1) is 7.93. The molecule has 1 aromatic rings. The van der Waals surface area contributed by atoms with Crippen LogP contribution < -0.4 is 0 Å². The first-order valence-corrected chi connectivity index (χ1v) is 6.59. The van der Waals surface area contributed by atoms with Crippen LogP contribution in [0.5, 0.6) is 0 Å². The summed E-state index contributed by atoms with van der Waals surface area (Å²) in [7, 11) is 0. The summed E-state index contributed by atoms with van der Waals surface area (Å²) < 4.78 is 6.10. The van der Waals surface area contributed by atoms with Gasteiger partial charge in [0.25, 0.3) is 0 Å². The van der Waals surface area contributed by atoms with Gasteiger partial charge in [-0.3, -0.25) is 0 Å². The van der Waals surface area contributed by atoms with Crippen LogP contribution in [0, 0.1) is 11.8 Å². The molecule has 0 N–H and O–H groups in total. The number of ether oxygens (including phenoxy) is 1. The van der Waals surface area contributed by atoms with E-state index in [1.807, 2.05) is 0 Å². The van der Waals surface area contributed by atoms with E-state index in [-0.39, 0.29) is 0 Å². The highest BCUT2D eigenvalue weighted by atomic mass is 16.5. The van der Waals surface area contributed by atoms with Gasteiger partial charge in [-0.2, -0.15) is 0 Å². The van der Waals surface area contributed by atoms with E-state index < -0.39 is 0 Å². The highest BCUT2D eigenvalue weighted by Crippen LogP contribution is 2.46. The summed E-state index contributed by atoms with van der Waals surface area (Å²) in [5.74, 6) is 1.88. The van der Waals surface area contributed by atoms with Crippen LogP contribution in [0.4, 0.5) is 0 Å². The average molecular weight is 216 g/mol.